The number of rotatable bonds is 9. The molecule has 168 valence electrons. The molecule has 33 heavy (non-hydrogen) atoms. The van der Waals surface area contributed by atoms with Crippen molar-refractivity contribution in [2.45, 2.75) is 39.7 Å². The fourth-order valence-electron chi connectivity index (χ4n) is 3.96. The summed E-state index contributed by atoms with van der Waals surface area (Å²) < 4.78 is 2.04. The number of hydrogen-bond donors (Lipinski definition) is 1. The van der Waals surface area contributed by atoms with Crippen LogP contribution in [-0.4, -0.2) is 25.8 Å². The highest BCUT2D eigenvalue weighted by Crippen LogP contribution is 2.25. The Hall–Kier alpha value is -3.73. The maximum Gasteiger partial charge on any atom is 0.336 e. The van der Waals surface area contributed by atoms with Crippen molar-refractivity contribution in [1.29, 1.82) is 0 Å². The summed E-state index contributed by atoms with van der Waals surface area (Å²) in [5.74, 6) is 1.40. The second-order valence-electron chi connectivity index (χ2n) is 8.73. The molecule has 4 rings (SSSR count). The number of nitrogens with zero attached hydrogens (tertiary/aromatic N) is 3. The Bertz CT molecular complexity index is 1210. The minimum absolute atomic E-state index is 0.310. The summed E-state index contributed by atoms with van der Waals surface area (Å²) >= 11 is 0. The summed E-state index contributed by atoms with van der Waals surface area (Å²) in [5.41, 5.74) is 4.34. The zero-order chi connectivity index (χ0) is 23.2. The van der Waals surface area contributed by atoms with Gasteiger partial charge in [0.05, 0.1) is 5.56 Å². The van der Waals surface area contributed by atoms with Crippen molar-refractivity contribution >= 4 is 5.97 Å². The largest absolute Gasteiger partial charge is 0.478 e. The lowest BCUT2D eigenvalue weighted by molar-refractivity contribution is 0.0697. The second kappa shape index (κ2) is 10.3. The van der Waals surface area contributed by atoms with E-state index >= 15 is 0 Å². The number of hydrogen-bond acceptors (Lipinski definition) is 3. The maximum absolute atomic E-state index is 11.6. The van der Waals surface area contributed by atoms with Crippen molar-refractivity contribution in [2.75, 3.05) is 0 Å². The molecule has 0 unspecified atom stereocenters. The molecule has 0 aliphatic carbocycles. The van der Waals surface area contributed by atoms with E-state index in [-0.39, 0.29) is 0 Å². The number of aromatic carboxylic acids is 1. The van der Waals surface area contributed by atoms with Crippen LogP contribution in [0.1, 0.15) is 47.0 Å². The van der Waals surface area contributed by atoms with Gasteiger partial charge in [0.2, 0.25) is 0 Å². The van der Waals surface area contributed by atoms with E-state index in [0.29, 0.717) is 17.9 Å². The van der Waals surface area contributed by atoms with Gasteiger partial charge in [0, 0.05) is 19.4 Å². The number of carboxylic acids is 1. The van der Waals surface area contributed by atoms with E-state index in [1.165, 1.54) is 5.56 Å². The number of carbonyl (C=O) groups is 1. The van der Waals surface area contributed by atoms with Crippen LogP contribution in [0, 0.1) is 5.92 Å². The molecule has 5 nitrogen and oxygen atoms in total. The van der Waals surface area contributed by atoms with Gasteiger partial charge in [-0.1, -0.05) is 86.6 Å². The average molecular weight is 440 g/mol. The Balaban J connectivity index is 1.53. The van der Waals surface area contributed by atoms with Crippen LogP contribution >= 0.6 is 0 Å². The molecule has 0 aliphatic rings. The van der Waals surface area contributed by atoms with Gasteiger partial charge in [-0.2, -0.15) is 5.10 Å². The number of aryl methyl sites for hydroxylation is 2. The Kier molecular flexibility index (Phi) is 6.98. The van der Waals surface area contributed by atoms with Crippen LogP contribution in [0.3, 0.4) is 0 Å². The van der Waals surface area contributed by atoms with Gasteiger partial charge in [-0.3, -0.25) is 0 Å². The highest BCUT2D eigenvalue weighted by molar-refractivity contribution is 5.95. The monoisotopic (exact) mass is 439 g/mol. The molecule has 0 amide bonds. The lowest BCUT2D eigenvalue weighted by Gasteiger charge is -2.10. The first-order chi connectivity index (χ1) is 16.0. The van der Waals surface area contributed by atoms with Gasteiger partial charge < -0.3 is 5.11 Å². The molecule has 0 aliphatic heterocycles. The molecule has 4 aromatic rings. The Morgan fingerprint density at radius 2 is 1.58 bits per heavy atom. The summed E-state index contributed by atoms with van der Waals surface area (Å²) in [7, 11) is 0. The third-order valence-corrected chi connectivity index (χ3v) is 5.60. The zero-order valence-corrected chi connectivity index (χ0v) is 19.1. The predicted octanol–water partition coefficient (Wildman–Crippen LogP) is 5.68. The Morgan fingerprint density at radius 3 is 2.27 bits per heavy atom. The summed E-state index contributed by atoms with van der Waals surface area (Å²) in [6.45, 7) is 5.20. The van der Waals surface area contributed by atoms with E-state index < -0.39 is 5.97 Å². The molecule has 3 aromatic carbocycles. The second-order valence-corrected chi connectivity index (χ2v) is 8.73. The molecule has 1 aromatic heterocycles. The first kappa shape index (κ1) is 22.5. The van der Waals surface area contributed by atoms with E-state index in [9.17, 15) is 9.90 Å². The van der Waals surface area contributed by atoms with Crippen LogP contribution in [0.15, 0.2) is 78.9 Å². The minimum atomic E-state index is -0.917. The lowest BCUT2D eigenvalue weighted by atomic mass is 9.98. The summed E-state index contributed by atoms with van der Waals surface area (Å²) in [4.78, 5) is 16.4. The van der Waals surface area contributed by atoms with Gasteiger partial charge in [0.25, 0.3) is 0 Å². The fraction of sp³-hybridized carbons (Fsp3) is 0.250. The molecule has 0 saturated carbocycles. The van der Waals surface area contributed by atoms with Crippen molar-refractivity contribution in [3.8, 4) is 11.1 Å². The molecule has 0 spiro atoms. The molecule has 0 bridgehead atoms. The highest BCUT2D eigenvalue weighted by Gasteiger charge is 2.14. The van der Waals surface area contributed by atoms with Gasteiger partial charge >= 0.3 is 5.97 Å². The molecule has 1 heterocycles. The molecular formula is C28H29N3O2. The number of carboxylic acid groups (broad SMARTS) is 1. The third kappa shape index (κ3) is 5.75. The topological polar surface area (TPSA) is 68.0 Å². The van der Waals surface area contributed by atoms with Gasteiger partial charge in [-0.05, 0) is 40.7 Å². The predicted molar refractivity (Wildman–Crippen MR) is 130 cm³/mol. The minimum Gasteiger partial charge on any atom is -0.478 e. The van der Waals surface area contributed by atoms with Crippen LogP contribution in [0.4, 0.5) is 0 Å². The fourth-order valence-corrected chi connectivity index (χ4v) is 3.96. The SMILES string of the molecule is CC(C)Cn1nc(CCc2ccccc2)nc1Cc1ccc(-c2ccccc2C(=O)O)cc1. The Labute approximate surface area is 194 Å². The van der Waals surface area contributed by atoms with Crippen LogP contribution in [0.5, 0.6) is 0 Å². The van der Waals surface area contributed by atoms with Gasteiger partial charge in [0.1, 0.15) is 5.82 Å². The van der Waals surface area contributed by atoms with E-state index in [1.807, 2.05) is 47.1 Å². The highest BCUT2D eigenvalue weighted by atomic mass is 16.4. The van der Waals surface area contributed by atoms with Gasteiger partial charge in [-0.25, -0.2) is 14.5 Å². The van der Waals surface area contributed by atoms with Gasteiger partial charge in [0.15, 0.2) is 5.82 Å². The van der Waals surface area contributed by atoms with Crippen LogP contribution in [-0.2, 0) is 25.8 Å². The van der Waals surface area contributed by atoms with Crippen molar-refractivity contribution in [1.82, 2.24) is 14.8 Å². The standard InChI is InChI=1S/C28H29N3O2/c1-20(2)19-31-27(29-26(30-31)17-14-21-8-4-3-5-9-21)18-22-12-15-23(16-13-22)24-10-6-7-11-25(24)28(32)33/h3-13,15-16,20H,14,17-19H2,1-2H3,(H,32,33). The van der Waals surface area contributed by atoms with E-state index in [0.717, 1.165) is 47.7 Å². The molecule has 5 heteroatoms. The summed E-state index contributed by atoms with van der Waals surface area (Å²) in [6, 6.07) is 25.6. The van der Waals surface area contributed by atoms with Gasteiger partial charge in [-0.15, -0.1) is 0 Å². The van der Waals surface area contributed by atoms with E-state index in [2.05, 4.69) is 38.1 Å². The zero-order valence-electron chi connectivity index (χ0n) is 19.1. The van der Waals surface area contributed by atoms with Crippen molar-refractivity contribution in [3.63, 3.8) is 0 Å². The smallest absolute Gasteiger partial charge is 0.336 e. The van der Waals surface area contributed by atoms with Crippen molar-refractivity contribution in [2.24, 2.45) is 5.92 Å². The van der Waals surface area contributed by atoms with Crippen LogP contribution in [0.2, 0.25) is 0 Å². The molecule has 1 N–H and O–H groups in total. The van der Waals surface area contributed by atoms with Crippen LogP contribution in [0.25, 0.3) is 11.1 Å². The van der Waals surface area contributed by atoms with Crippen molar-refractivity contribution in [3.05, 3.63) is 107 Å². The van der Waals surface area contributed by atoms with E-state index in [1.54, 1.807) is 12.1 Å². The third-order valence-electron chi connectivity index (χ3n) is 5.60. The maximum atomic E-state index is 11.6. The van der Waals surface area contributed by atoms with Crippen LogP contribution < -0.4 is 0 Å². The lowest BCUT2D eigenvalue weighted by Crippen LogP contribution is -2.11. The molecule has 0 fully saturated rings. The molecular weight excluding hydrogens is 410 g/mol. The Morgan fingerprint density at radius 1 is 0.879 bits per heavy atom. The van der Waals surface area contributed by atoms with E-state index in [4.69, 9.17) is 10.1 Å². The first-order valence-corrected chi connectivity index (χ1v) is 11.4. The quantitative estimate of drug-likeness (QED) is 0.365. The van der Waals surface area contributed by atoms with Crippen molar-refractivity contribution < 1.29 is 9.90 Å². The summed E-state index contributed by atoms with van der Waals surface area (Å²) in [5, 5.41) is 14.3. The molecule has 0 atom stereocenters. The normalized spacial score (nSPS) is 11.1. The average Bonchev–Trinajstić information content (AvgIpc) is 3.19. The molecule has 0 saturated heterocycles. The number of aromatic nitrogens is 3. The summed E-state index contributed by atoms with van der Waals surface area (Å²) in [6.07, 6.45) is 2.42. The molecule has 0 radical (unpaired) electrons. The first-order valence-electron chi connectivity index (χ1n) is 11.4. The number of benzene rings is 3.